The molecule has 4 heterocycles. The van der Waals surface area contributed by atoms with E-state index < -0.39 is 29.2 Å². The van der Waals surface area contributed by atoms with Gasteiger partial charge in [0.25, 0.3) is 0 Å². The maximum absolute atomic E-state index is 13.8. The Kier molecular flexibility index (Phi) is 5.11. The van der Waals surface area contributed by atoms with Crippen molar-refractivity contribution in [1.82, 2.24) is 24.7 Å². The van der Waals surface area contributed by atoms with Gasteiger partial charge in [-0.2, -0.15) is 31.4 Å². The van der Waals surface area contributed by atoms with E-state index in [9.17, 15) is 26.3 Å². The zero-order valence-electron chi connectivity index (χ0n) is 17.3. The van der Waals surface area contributed by atoms with Gasteiger partial charge in [-0.05, 0) is 37.6 Å². The van der Waals surface area contributed by atoms with Gasteiger partial charge < -0.3 is 4.90 Å². The highest BCUT2D eigenvalue weighted by Gasteiger charge is 2.41. The van der Waals surface area contributed by atoms with Gasteiger partial charge in [0.1, 0.15) is 22.3 Å². The Hall–Kier alpha value is -3.48. The first kappa shape index (κ1) is 22.3. The number of hydrogen-bond donors (Lipinski definition) is 0. The molecule has 4 aromatic rings. The van der Waals surface area contributed by atoms with Gasteiger partial charge in [-0.1, -0.05) is 0 Å². The number of alkyl halides is 6. The predicted octanol–water partition coefficient (Wildman–Crippen LogP) is 5.83. The number of hydrogen-bond acceptors (Lipinski definition) is 6. The maximum atomic E-state index is 13.8. The Bertz CT molecular complexity index is 1360. The lowest BCUT2D eigenvalue weighted by molar-refractivity contribution is -0.142. The standard InChI is InChI=1S/C21H14F6N6S/c1-11-29-17-13(18(30-11)33-8-5-15(31-33)19-28-6-9-34-19)4-7-32(17)16-3-2-12(20(22,23)24)10-14(16)21(25,26)27/h2-3,5-6,8-10H,4,7H2,1H3. The first-order chi connectivity index (χ1) is 16.0. The molecule has 0 N–H and O–H groups in total. The van der Waals surface area contributed by atoms with Gasteiger partial charge in [-0.3, -0.25) is 0 Å². The fourth-order valence-corrected chi connectivity index (χ4v) is 4.45. The van der Waals surface area contributed by atoms with Crippen molar-refractivity contribution in [2.24, 2.45) is 0 Å². The summed E-state index contributed by atoms with van der Waals surface area (Å²) >= 11 is 1.40. The minimum Gasteiger partial charge on any atom is -0.325 e. The van der Waals surface area contributed by atoms with Crippen LogP contribution < -0.4 is 4.90 Å². The lowest BCUT2D eigenvalue weighted by Gasteiger charge is -2.24. The predicted molar refractivity (Wildman–Crippen MR) is 112 cm³/mol. The van der Waals surface area contributed by atoms with Gasteiger partial charge in [0, 0.05) is 29.9 Å². The maximum Gasteiger partial charge on any atom is 0.418 e. The minimum atomic E-state index is -4.99. The molecule has 0 radical (unpaired) electrons. The average molecular weight is 496 g/mol. The monoisotopic (exact) mass is 496 g/mol. The third-order valence-electron chi connectivity index (χ3n) is 5.29. The summed E-state index contributed by atoms with van der Waals surface area (Å²) in [5.41, 5.74) is -1.98. The van der Waals surface area contributed by atoms with Crippen LogP contribution in [0, 0.1) is 6.92 Å². The summed E-state index contributed by atoms with van der Waals surface area (Å²) in [6, 6.07) is 3.36. The SMILES string of the molecule is Cc1nc2c(c(-n3ccc(-c4nccs4)n3)n1)CCN2c1ccc(C(F)(F)F)cc1C(F)(F)F. The molecule has 0 atom stereocenters. The quantitative estimate of drug-likeness (QED) is 0.334. The Labute approximate surface area is 192 Å². The van der Waals surface area contributed by atoms with Gasteiger partial charge in [-0.25, -0.2) is 19.6 Å². The molecule has 0 saturated heterocycles. The second-order valence-corrected chi connectivity index (χ2v) is 8.40. The Balaban J connectivity index is 1.61. The van der Waals surface area contributed by atoms with Crippen molar-refractivity contribution in [1.29, 1.82) is 0 Å². The topological polar surface area (TPSA) is 59.7 Å². The third kappa shape index (κ3) is 3.89. The Morgan fingerprint density at radius 3 is 2.41 bits per heavy atom. The highest BCUT2D eigenvalue weighted by molar-refractivity contribution is 7.13. The molecular weight excluding hydrogens is 482 g/mol. The van der Waals surface area contributed by atoms with E-state index in [2.05, 4.69) is 20.1 Å². The summed E-state index contributed by atoms with van der Waals surface area (Å²) in [6.45, 7) is 1.68. The van der Waals surface area contributed by atoms with E-state index in [1.165, 1.54) is 20.9 Å². The van der Waals surface area contributed by atoms with Crippen molar-refractivity contribution < 1.29 is 26.3 Å². The summed E-state index contributed by atoms with van der Waals surface area (Å²) in [5, 5.41) is 6.99. The van der Waals surface area contributed by atoms with E-state index in [-0.39, 0.29) is 30.7 Å². The summed E-state index contributed by atoms with van der Waals surface area (Å²) in [7, 11) is 0. The van der Waals surface area contributed by atoms with Crippen molar-refractivity contribution in [3.05, 3.63) is 64.6 Å². The van der Waals surface area contributed by atoms with E-state index in [1.807, 2.05) is 0 Å². The van der Waals surface area contributed by atoms with Crippen LogP contribution in [0.2, 0.25) is 0 Å². The van der Waals surface area contributed by atoms with Crippen LogP contribution in [0.3, 0.4) is 0 Å². The molecule has 1 aromatic carbocycles. The number of anilines is 2. The van der Waals surface area contributed by atoms with Gasteiger partial charge in [0.2, 0.25) is 0 Å². The molecule has 176 valence electrons. The number of aromatic nitrogens is 5. The first-order valence-electron chi connectivity index (χ1n) is 9.92. The largest absolute Gasteiger partial charge is 0.418 e. The van der Waals surface area contributed by atoms with Crippen LogP contribution in [0.15, 0.2) is 42.0 Å². The van der Waals surface area contributed by atoms with Crippen molar-refractivity contribution >= 4 is 22.8 Å². The van der Waals surface area contributed by atoms with E-state index in [1.54, 1.807) is 30.8 Å². The lowest BCUT2D eigenvalue weighted by Crippen LogP contribution is -2.21. The molecule has 0 amide bonds. The fourth-order valence-electron chi connectivity index (χ4n) is 3.85. The third-order valence-corrected chi connectivity index (χ3v) is 6.09. The molecule has 0 unspecified atom stereocenters. The number of rotatable bonds is 3. The fraction of sp³-hybridized carbons (Fsp3) is 0.238. The molecule has 0 aliphatic carbocycles. The van der Waals surface area contributed by atoms with Crippen LogP contribution in [0.1, 0.15) is 22.5 Å². The van der Waals surface area contributed by atoms with Crippen LogP contribution in [0.5, 0.6) is 0 Å². The lowest BCUT2D eigenvalue weighted by atomic mass is 10.1. The molecule has 13 heteroatoms. The molecular formula is C21H14F6N6S. The van der Waals surface area contributed by atoms with E-state index in [4.69, 9.17) is 0 Å². The Morgan fingerprint density at radius 1 is 0.971 bits per heavy atom. The molecule has 3 aromatic heterocycles. The van der Waals surface area contributed by atoms with Crippen molar-refractivity contribution in [2.45, 2.75) is 25.7 Å². The summed E-state index contributed by atoms with van der Waals surface area (Å²) in [5.74, 6) is 0.889. The number of aryl methyl sites for hydroxylation is 1. The number of fused-ring (bicyclic) bond motifs is 1. The minimum absolute atomic E-state index is 0.0928. The second kappa shape index (κ2) is 7.79. The molecule has 34 heavy (non-hydrogen) atoms. The smallest absolute Gasteiger partial charge is 0.325 e. The Morgan fingerprint density at radius 2 is 1.74 bits per heavy atom. The van der Waals surface area contributed by atoms with Crippen LogP contribution in [0.4, 0.5) is 37.8 Å². The van der Waals surface area contributed by atoms with Crippen LogP contribution in [-0.4, -0.2) is 31.3 Å². The summed E-state index contributed by atoms with van der Waals surface area (Å²) in [6.07, 6.45) is -6.29. The molecule has 5 rings (SSSR count). The molecule has 1 aliphatic rings. The van der Waals surface area contributed by atoms with E-state index in [0.29, 0.717) is 28.1 Å². The van der Waals surface area contributed by atoms with Gasteiger partial charge in [-0.15, -0.1) is 11.3 Å². The number of benzene rings is 1. The summed E-state index contributed by atoms with van der Waals surface area (Å²) in [4.78, 5) is 14.2. The normalized spacial score (nSPS) is 14.0. The van der Waals surface area contributed by atoms with Gasteiger partial charge in [0.15, 0.2) is 5.82 Å². The average Bonchev–Trinajstić information content (AvgIpc) is 3.51. The highest BCUT2D eigenvalue weighted by atomic mass is 32.1. The van der Waals surface area contributed by atoms with E-state index >= 15 is 0 Å². The molecule has 0 bridgehead atoms. The zero-order chi connectivity index (χ0) is 24.3. The molecule has 0 fully saturated rings. The van der Waals surface area contributed by atoms with Crippen molar-refractivity contribution in [3.63, 3.8) is 0 Å². The molecule has 0 saturated carbocycles. The van der Waals surface area contributed by atoms with Gasteiger partial charge >= 0.3 is 12.4 Å². The number of thiazole rings is 1. The molecule has 0 spiro atoms. The van der Waals surface area contributed by atoms with Crippen molar-refractivity contribution in [2.75, 3.05) is 11.4 Å². The van der Waals surface area contributed by atoms with Crippen LogP contribution in [0.25, 0.3) is 16.5 Å². The zero-order valence-corrected chi connectivity index (χ0v) is 18.1. The number of nitrogens with zero attached hydrogens (tertiary/aromatic N) is 6. The van der Waals surface area contributed by atoms with Crippen molar-refractivity contribution in [3.8, 4) is 16.5 Å². The van der Waals surface area contributed by atoms with Gasteiger partial charge in [0.05, 0.1) is 16.8 Å². The summed E-state index contributed by atoms with van der Waals surface area (Å²) < 4.78 is 82.0. The second-order valence-electron chi connectivity index (χ2n) is 7.51. The van der Waals surface area contributed by atoms with Crippen LogP contribution >= 0.6 is 11.3 Å². The highest BCUT2D eigenvalue weighted by Crippen LogP contribution is 2.44. The number of halogens is 6. The van der Waals surface area contributed by atoms with Crippen LogP contribution in [-0.2, 0) is 18.8 Å². The first-order valence-corrected chi connectivity index (χ1v) is 10.8. The van der Waals surface area contributed by atoms with E-state index in [0.717, 1.165) is 6.07 Å². The molecule has 1 aliphatic heterocycles. The molecule has 6 nitrogen and oxygen atoms in total.